The molecule has 0 radical (unpaired) electrons. The summed E-state index contributed by atoms with van der Waals surface area (Å²) in [6.45, 7) is 3.71. The molecule has 1 aromatic heterocycles. The lowest BCUT2D eigenvalue weighted by Gasteiger charge is -2.24. The molecule has 0 amide bonds. The first kappa shape index (κ1) is 21.6. The fourth-order valence-corrected chi connectivity index (χ4v) is 4.84. The third-order valence-corrected chi connectivity index (χ3v) is 6.47. The molecule has 0 N–H and O–H groups in total. The number of aromatic nitrogens is 1. The Morgan fingerprint density at radius 1 is 1.19 bits per heavy atom. The molecule has 1 atom stereocenters. The van der Waals surface area contributed by atoms with Gasteiger partial charge in [0.1, 0.15) is 0 Å². The van der Waals surface area contributed by atoms with Gasteiger partial charge in [-0.2, -0.15) is 0 Å². The Hall–Kier alpha value is -2.67. The molecule has 1 unspecified atom stereocenters. The number of rotatable bonds is 4. The van der Waals surface area contributed by atoms with Crippen molar-refractivity contribution in [1.82, 2.24) is 4.57 Å². The van der Waals surface area contributed by atoms with Gasteiger partial charge in [-0.3, -0.25) is 9.36 Å². The van der Waals surface area contributed by atoms with Gasteiger partial charge < -0.3 is 4.74 Å². The number of fused-ring (bicyclic) bond motifs is 1. The Bertz CT molecular complexity index is 1370. The summed E-state index contributed by atoms with van der Waals surface area (Å²) in [5.41, 5.74) is 2.08. The van der Waals surface area contributed by atoms with Crippen LogP contribution in [0, 0.1) is 0 Å². The lowest BCUT2D eigenvalue weighted by atomic mass is 9.96. The second-order valence-corrected chi connectivity index (χ2v) is 8.73. The molecular weight excluding hydrogens is 455 g/mol. The fourth-order valence-electron chi connectivity index (χ4n) is 3.49. The maximum atomic E-state index is 13.5. The maximum absolute atomic E-state index is 13.5. The van der Waals surface area contributed by atoms with Crippen LogP contribution in [0.2, 0.25) is 10.0 Å². The molecule has 0 saturated heterocycles. The lowest BCUT2D eigenvalue weighted by Crippen LogP contribution is -2.39. The Morgan fingerprint density at radius 3 is 2.58 bits per heavy atom. The second-order valence-electron chi connectivity index (χ2n) is 6.88. The van der Waals surface area contributed by atoms with Gasteiger partial charge in [-0.05, 0) is 49.2 Å². The van der Waals surface area contributed by atoms with E-state index >= 15 is 0 Å². The molecule has 5 nitrogen and oxygen atoms in total. The average Bonchev–Trinajstić information content (AvgIpc) is 3.04. The molecule has 0 fully saturated rings. The Morgan fingerprint density at radius 2 is 1.90 bits per heavy atom. The summed E-state index contributed by atoms with van der Waals surface area (Å²) >= 11 is 13.6. The maximum Gasteiger partial charge on any atom is 0.338 e. The van der Waals surface area contributed by atoms with E-state index in [2.05, 4.69) is 4.99 Å². The third-order valence-electron chi connectivity index (χ3n) is 4.89. The zero-order valence-electron chi connectivity index (χ0n) is 16.8. The lowest BCUT2D eigenvalue weighted by molar-refractivity contribution is -0.139. The first-order valence-corrected chi connectivity index (χ1v) is 11.2. The van der Waals surface area contributed by atoms with Crippen LogP contribution in [0.3, 0.4) is 0 Å². The van der Waals surface area contributed by atoms with Gasteiger partial charge in [0.05, 0.1) is 28.5 Å². The Labute approximate surface area is 192 Å². The average molecular weight is 473 g/mol. The predicted molar refractivity (Wildman–Crippen MR) is 123 cm³/mol. The van der Waals surface area contributed by atoms with E-state index in [1.54, 1.807) is 50.3 Å². The number of thiazole rings is 1. The Kier molecular flexibility index (Phi) is 6.14. The quantitative estimate of drug-likeness (QED) is 0.536. The minimum absolute atomic E-state index is 0.222. The minimum Gasteiger partial charge on any atom is -0.463 e. The van der Waals surface area contributed by atoms with Crippen LogP contribution < -0.4 is 14.9 Å². The smallest absolute Gasteiger partial charge is 0.338 e. The van der Waals surface area contributed by atoms with Gasteiger partial charge in [0.2, 0.25) is 0 Å². The van der Waals surface area contributed by atoms with Crippen molar-refractivity contribution >= 4 is 46.6 Å². The first-order chi connectivity index (χ1) is 14.9. The van der Waals surface area contributed by atoms with Crippen molar-refractivity contribution in [3.63, 3.8) is 0 Å². The summed E-state index contributed by atoms with van der Waals surface area (Å²) in [6, 6.07) is 13.7. The predicted octanol–water partition coefficient (Wildman–Crippen LogP) is 4.11. The van der Waals surface area contributed by atoms with Crippen LogP contribution in [0.1, 0.15) is 31.0 Å². The molecular formula is C23H18Cl2N2O3S. The van der Waals surface area contributed by atoms with E-state index in [4.69, 9.17) is 27.9 Å². The number of ether oxygens (including phenoxy) is 1. The van der Waals surface area contributed by atoms with E-state index in [0.29, 0.717) is 30.6 Å². The summed E-state index contributed by atoms with van der Waals surface area (Å²) in [6.07, 6.45) is 1.74. The molecule has 3 aromatic rings. The van der Waals surface area contributed by atoms with Crippen LogP contribution in [0.5, 0.6) is 0 Å². The molecule has 0 bridgehead atoms. The number of carbonyl (C=O) groups excluding carboxylic acids is 1. The van der Waals surface area contributed by atoms with Crippen LogP contribution in [0.25, 0.3) is 6.08 Å². The molecule has 1 aliphatic heterocycles. The van der Waals surface area contributed by atoms with E-state index in [1.165, 1.54) is 15.9 Å². The Balaban J connectivity index is 1.97. The molecule has 4 rings (SSSR count). The molecule has 8 heteroatoms. The highest BCUT2D eigenvalue weighted by molar-refractivity contribution is 7.07. The highest BCUT2D eigenvalue weighted by Crippen LogP contribution is 2.31. The van der Waals surface area contributed by atoms with Crippen molar-refractivity contribution in [2.24, 2.45) is 4.99 Å². The van der Waals surface area contributed by atoms with Crippen LogP contribution in [-0.2, 0) is 9.53 Å². The van der Waals surface area contributed by atoms with E-state index in [0.717, 1.165) is 11.1 Å². The van der Waals surface area contributed by atoms with Crippen molar-refractivity contribution in [2.45, 2.75) is 19.9 Å². The summed E-state index contributed by atoms with van der Waals surface area (Å²) in [5.74, 6) is -0.496. The largest absolute Gasteiger partial charge is 0.463 e. The van der Waals surface area contributed by atoms with Gasteiger partial charge in [0.15, 0.2) is 4.80 Å². The van der Waals surface area contributed by atoms with Crippen molar-refractivity contribution in [1.29, 1.82) is 0 Å². The molecule has 2 heterocycles. The molecule has 31 heavy (non-hydrogen) atoms. The highest BCUT2D eigenvalue weighted by Gasteiger charge is 2.33. The fraction of sp³-hybridized carbons (Fsp3) is 0.174. The minimum atomic E-state index is -0.666. The third kappa shape index (κ3) is 4.11. The number of esters is 1. The topological polar surface area (TPSA) is 60.7 Å². The van der Waals surface area contributed by atoms with Crippen LogP contribution in [0.15, 0.2) is 69.6 Å². The monoisotopic (exact) mass is 472 g/mol. The SMILES string of the molecule is CCOC(=O)C1=C(C)N=c2sc(=Cc3ccccc3Cl)c(=O)n2C1c1ccc(Cl)cc1. The molecule has 0 saturated carbocycles. The van der Waals surface area contributed by atoms with Crippen LogP contribution in [0.4, 0.5) is 0 Å². The van der Waals surface area contributed by atoms with Gasteiger partial charge in [-0.1, -0.05) is 64.9 Å². The van der Waals surface area contributed by atoms with Crippen LogP contribution in [-0.4, -0.2) is 17.1 Å². The van der Waals surface area contributed by atoms with Gasteiger partial charge in [-0.25, -0.2) is 9.79 Å². The second kappa shape index (κ2) is 8.83. The summed E-state index contributed by atoms with van der Waals surface area (Å²) in [5, 5.41) is 1.11. The van der Waals surface area contributed by atoms with Gasteiger partial charge >= 0.3 is 5.97 Å². The summed E-state index contributed by atoms with van der Waals surface area (Å²) in [4.78, 5) is 31.3. The number of benzene rings is 2. The van der Waals surface area contributed by atoms with E-state index in [-0.39, 0.29) is 12.2 Å². The highest BCUT2D eigenvalue weighted by atomic mass is 35.5. The number of hydrogen-bond donors (Lipinski definition) is 0. The number of allylic oxidation sites excluding steroid dienone is 1. The number of nitrogens with zero attached hydrogens (tertiary/aromatic N) is 2. The van der Waals surface area contributed by atoms with Crippen molar-refractivity contribution < 1.29 is 9.53 Å². The van der Waals surface area contributed by atoms with Crippen LogP contribution >= 0.6 is 34.5 Å². The van der Waals surface area contributed by atoms with Crippen molar-refractivity contribution in [2.75, 3.05) is 6.61 Å². The number of hydrogen-bond acceptors (Lipinski definition) is 5. The summed E-state index contributed by atoms with van der Waals surface area (Å²) < 4.78 is 7.29. The zero-order chi connectivity index (χ0) is 22.1. The molecule has 158 valence electrons. The zero-order valence-corrected chi connectivity index (χ0v) is 19.1. The first-order valence-electron chi connectivity index (χ1n) is 9.60. The summed E-state index contributed by atoms with van der Waals surface area (Å²) in [7, 11) is 0. The van der Waals surface area contributed by atoms with Crippen molar-refractivity contribution in [3.05, 3.63) is 101 Å². The van der Waals surface area contributed by atoms with Crippen molar-refractivity contribution in [3.8, 4) is 0 Å². The normalized spacial score (nSPS) is 16.1. The standard InChI is InChI=1S/C23H18Cl2N2O3S/c1-3-30-22(29)19-13(2)26-23-27(20(19)14-8-10-16(24)11-9-14)21(28)18(31-23)12-15-6-4-5-7-17(15)25/h4-12,20H,3H2,1-2H3. The molecule has 0 aliphatic carbocycles. The van der Waals surface area contributed by atoms with Gasteiger partial charge in [-0.15, -0.1) is 0 Å². The number of carbonyl (C=O) groups is 1. The molecule has 2 aromatic carbocycles. The van der Waals surface area contributed by atoms with E-state index < -0.39 is 12.0 Å². The van der Waals surface area contributed by atoms with Gasteiger partial charge in [0.25, 0.3) is 5.56 Å². The number of halogens is 2. The van der Waals surface area contributed by atoms with Gasteiger partial charge in [0, 0.05) is 10.0 Å². The molecule has 0 spiro atoms. The van der Waals surface area contributed by atoms with E-state index in [9.17, 15) is 9.59 Å². The molecule has 1 aliphatic rings. The van der Waals surface area contributed by atoms with E-state index in [1.807, 2.05) is 18.2 Å².